The molecule has 1 atom stereocenters. The Morgan fingerprint density at radius 1 is 1.21 bits per heavy atom. The van der Waals surface area contributed by atoms with Crippen LogP contribution in [-0.4, -0.2) is 21.1 Å². The van der Waals surface area contributed by atoms with Crippen molar-refractivity contribution in [3.05, 3.63) is 34.9 Å². The Labute approximate surface area is 109 Å². The molecule has 1 unspecified atom stereocenters. The highest BCUT2D eigenvalue weighted by Gasteiger charge is 2.28. The minimum atomic E-state index is -0.745. The first-order valence-electron chi connectivity index (χ1n) is 6.19. The van der Waals surface area contributed by atoms with Crippen LogP contribution in [0.15, 0.2) is 18.2 Å². The molecule has 2 aromatic rings. The summed E-state index contributed by atoms with van der Waals surface area (Å²) in [6.07, 6.45) is -0.135. The summed E-state index contributed by atoms with van der Waals surface area (Å²) < 4.78 is 0. The molecule has 4 heteroatoms. The Balaban J connectivity index is 2.45. The number of aromatic hydroxyl groups is 2. The van der Waals surface area contributed by atoms with Crippen molar-refractivity contribution in [3.63, 3.8) is 0 Å². The molecule has 0 saturated heterocycles. The zero-order valence-electron chi connectivity index (χ0n) is 10.5. The standard InChI is InChI=1S/C15H14O4/c1-7-4-9(16)5-8-6-10-11(17)2-3-12(18)14(10)15(19)13(7)8/h4-6,11,16-17,19H,2-3H2,1H3. The van der Waals surface area contributed by atoms with E-state index in [1.165, 1.54) is 12.1 Å². The van der Waals surface area contributed by atoms with E-state index < -0.39 is 6.10 Å². The van der Waals surface area contributed by atoms with Gasteiger partial charge in [-0.05, 0) is 48.1 Å². The van der Waals surface area contributed by atoms with E-state index in [0.717, 1.165) is 0 Å². The maximum atomic E-state index is 12.0. The summed E-state index contributed by atoms with van der Waals surface area (Å²) in [6, 6.07) is 4.74. The van der Waals surface area contributed by atoms with Crippen molar-refractivity contribution in [2.24, 2.45) is 0 Å². The molecule has 0 heterocycles. The quantitative estimate of drug-likeness (QED) is 0.678. The number of carbonyl (C=O) groups is 1. The molecule has 1 aliphatic rings. The third-order valence-corrected chi connectivity index (χ3v) is 3.71. The van der Waals surface area contributed by atoms with Crippen molar-refractivity contribution >= 4 is 16.6 Å². The highest BCUT2D eigenvalue weighted by Crippen LogP contribution is 2.41. The number of Topliss-reactive ketones (excluding diaryl/α,β-unsaturated/α-hetero) is 1. The largest absolute Gasteiger partial charge is 0.508 e. The fourth-order valence-corrected chi connectivity index (χ4v) is 2.84. The number of benzene rings is 2. The van der Waals surface area contributed by atoms with Crippen LogP contribution in [0.2, 0.25) is 0 Å². The number of aliphatic hydroxyl groups is 1. The first-order valence-corrected chi connectivity index (χ1v) is 6.19. The Hall–Kier alpha value is -2.07. The van der Waals surface area contributed by atoms with Gasteiger partial charge in [0.15, 0.2) is 5.78 Å². The van der Waals surface area contributed by atoms with Crippen LogP contribution < -0.4 is 0 Å². The van der Waals surface area contributed by atoms with Gasteiger partial charge in [0.2, 0.25) is 0 Å². The van der Waals surface area contributed by atoms with E-state index in [9.17, 15) is 20.1 Å². The Morgan fingerprint density at radius 2 is 1.95 bits per heavy atom. The minimum absolute atomic E-state index is 0.0891. The molecule has 0 saturated carbocycles. The number of aliphatic hydroxyl groups excluding tert-OH is 1. The third-order valence-electron chi connectivity index (χ3n) is 3.71. The molecule has 2 aromatic carbocycles. The maximum Gasteiger partial charge on any atom is 0.167 e. The molecule has 0 fully saturated rings. The highest BCUT2D eigenvalue weighted by atomic mass is 16.3. The van der Waals surface area contributed by atoms with Crippen LogP contribution in [0.5, 0.6) is 11.5 Å². The number of carbonyl (C=O) groups excluding carboxylic acids is 1. The molecule has 0 radical (unpaired) electrons. The van der Waals surface area contributed by atoms with Crippen molar-refractivity contribution < 1.29 is 20.1 Å². The molecule has 0 aliphatic heterocycles. The molecular formula is C15H14O4. The molecule has 3 N–H and O–H groups in total. The van der Waals surface area contributed by atoms with Gasteiger partial charge in [-0.15, -0.1) is 0 Å². The van der Waals surface area contributed by atoms with Gasteiger partial charge in [0, 0.05) is 11.8 Å². The predicted molar refractivity (Wildman–Crippen MR) is 70.5 cm³/mol. The second-order valence-corrected chi connectivity index (χ2v) is 5.03. The second kappa shape index (κ2) is 3.96. The van der Waals surface area contributed by atoms with E-state index in [2.05, 4.69) is 0 Å². The van der Waals surface area contributed by atoms with Crippen molar-refractivity contribution in [3.8, 4) is 11.5 Å². The smallest absolute Gasteiger partial charge is 0.167 e. The van der Waals surface area contributed by atoms with Gasteiger partial charge in [-0.1, -0.05) is 0 Å². The van der Waals surface area contributed by atoms with Crippen LogP contribution in [0.25, 0.3) is 10.8 Å². The van der Waals surface area contributed by atoms with Crippen molar-refractivity contribution in [2.45, 2.75) is 25.9 Å². The summed E-state index contributed by atoms with van der Waals surface area (Å²) in [4.78, 5) is 12.0. The zero-order valence-corrected chi connectivity index (χ0v) is 10.5. The summed E-state index contributed by atoms with van der Waals surface area (Å²) in [7, 11) is 0. The predicted octanol–water partition coefficient (Wildman–Crippen LogP) is 2.57. The molecular weight excluding hydrogens is 244 g/mol. The van der Waals surface area contributed by atoms with E-state index in [1.54, 1.807) is 13.0 Å². The molecule has 3 rings (SSSR count). The summed E-state index contributed by atoms with van der Waals surface area (Å²) in [6.45, 7) is 1.76. The lowest BCUT2D eigenvalue weighted by Crippen LogP contribution is -2.15. The van der Waals surface area contributed by atoms with Gasteiger partial charge in [-0.25, -0.2) is 0 Å². The van der Waals surface area contributed by atoms with E-state index in [1.807, 2.05) is 0 Å². The average Bonchev–Trinajstić information content (AvgIpc) is 2.32. The number of phenolic OH excluding ortho intramolecular Hbond substituents is 2. The van der Waals surface area contributed by atoms with E-state index in [0.29, 0.717) is 28.3 Å². The number of rotatable bonds is 0. The Bertz CT molecular complexity index is 703. The van der Waals surface area contributed by atoms with Crippen LogP contribution >= 0.6 is 0 Å². The minimum Gasteiger partial charge on any atom is -0.508 e. The first kappa shape index (κ1) is 12.0. The van der Waals surface area contributed by atoms with Crippen molar-refractivity contribution in [2.75, 3.05) is 0 Å². The normalized spacial score (nSPS) is 18.6. The molecule has 19 heavy (non-hydrogen) atoms. The maximum absolute atomic E-state index is 12.0. The lowest BCUT2D eigenvalue weighted by Gasteiger charge is -2.23. The molecule has 0 spiro atoms. The number of hydrogen-bond acceptors (Lipinski definition) is 4. The van der Waals surface area contributed by atoms with E-state index >= 15 is 0 Å². The fourth-order valence-electron chi connectivity index (χ4n) is 2.84. The monoisotopic (exact) mass is 258 g/mol. The first-order chi connectivity index (χ1) is 8.99. The number of fused-ring (bicyclic) bond motifs is 2. The summed E-state index contributed by atoms with van der Waals surface area (Å²) in [5.41, 5.74) is 1.37. The van der Waals surface area contributed by atoms with Crippen LogP contribution in [0.3, 0.4) is 0 Å². The molecule has 0 aromatic heterocycles. The molecule has 0 amide bonds. The topological polar surface area (TPSA) is 77.8 Å². The van der Waals surface area contributed by atoms with Crippen LogP contribution in [-0.2, 0) is 0 Å². The van der Waals surface area contributed by atoms with Crippen molar-refractivity contribution in [1.82, 2.24) is 0 Å². The lowest BCUT2D eigenvalue weighted by atomic mass is 9.85. The van der Waals surface area contributed by atoms with Crippen molar-refractivity contribution in [1.29, 1.82) is 0 Å². The fraction of sp³-hybridized carbons (Fsp3) is 0.267. The summed E-state index contributed by atoms with van der Waals surface area (Å²) >= 11 is 0. The number of aryl methyl sites for hydroxylation is 1. The average molecular weight is 258 g/mol. The van der Waals surface area contributed by atoms with Crippen LogP contribution in [0.1, 0.15) is 40.4 Å². The summed E-state index contributed by atoms with van der Waals surface area (Å²) in [5.74, 6) is -0.137. The van der Waals surface area contributed by atoms with Gasteiger partial charge in [0.05, 0.1) is 11.7 Å². The number of hydrogen-bond donors (Lipinski definition) is 3. The van der Waals surface area contributed by atoms with Gasteiger partial charge in [0.25, 0.3) is 0 Å². The van der Waals surface area contributed by atoms with Crippen LogP contribution in [0, 0.1) is 6.92 Å². The molecule has 98 valence electrons. The SMILES string of the molecule is Cc1cc(O)cc2cc3c(c(O)c12)C(=O)CCC3O. The Kier molecular flexibility index (Phi) is 2.50. The molecule has 1 aliphatic carbocycles. The van der Waals surface area contributed by atoms with E-state index in [-0.39, 0.29) is 29.3 Å². The second-order valence-electron chi connectivity index (χ2n) is 5.03. The van der Waals surface area contributed by atoms with Gasteiger partial charge < -0.3 is 15.3 Å². The van der Waals surface area contributed by atoms with Gasteiger partial charge in [-0.3, -0.25) is 4.79 Å². The number of phenols is 2. The Morgan fingerprint density at radius 3 is 2.68 bits per heavy atom. The molecule has 0 bridgehead atoms. The highest BCUT2D eigenvalue weighted by molar-refractivity contribution is 6.08. The van der Waals surface area contributed by atoms with Gasteiger partial charge in [0.1, 0.15) is 11.5 Å². The van der Waals surface area contributed by atoms with E-state index in [4.69, 9.17) is 0 Å². The van der Waals surface area contributed by atoms with Crippen LogP contribution in [0.4, 0.5) is 0 Å². The molecule has 4 nitrogen and oxygen atoms in total. The summed E-state index contributed by atoms with van der Waals surface area (Å²) in [5, 5.41) is 31.1. The van der Waals surface area contributed by atoms with Gasteiger partial charge >= 0.3 is 0 Å². The number of ketones is 1. The lowest BCUT2D eigenvalue weighted by molar-refractivity contribution is 0.0893. The third kappa shape index (κ3) is 1.68. The van der Waals surface area contributed by atoms with Gasteiger partial charge in [-0.2, -0.15) is 0 Å². The zero-order chi connectivity index (χ0) is 13.7.